The second-order valence-corrected chi connectivity index (χ2v) is 4.18. The van der Waals surface area contributed by atoms with Crippen LogP contribution in [0.4, 0.5) is 0 Å². The number of hydrogen-bond donors (Lipinski definition) is 1. The van der Waals surface area contributed by atoms with Crippen LogP contribution in [0.15, 0.2) is 49.2 Å². The standard InChI is InChI=1S/C15H14N2/c1-2-3-7-14-15-12(9-10-16-14)11-6-4-5-8-13(11)17-15/h2,4-6,8-10,17H,1,3,7H2. The first-order chi connectivity index (χ1) is 8.40. The predicted molar refractivity (Wildman–Crippen MR) is 72.1 cm³/mol. The lowest BCUT2D eigenvalue weighted by Crippen LogP contribution is -1.89. The number of rotatable bonds is 3. The van der Waals surface area contributed by atoms with Crippen LogP contribution in [0.5, 0.6) is 0 Å². The van der Waals surface area contributed by atoms with Crippen molar-refractivity contribution in [2.24, 2.45) is 0 Å². The second-order valence-electron chi connectivity index (χ2n) is 4.18. The fraction of sp³-hybridized carbons (Fsp3) is 0.133. The maximum atomic E-state index is 4.46. The zero-order chi connectivity index (χ0) is 11.7. The van der Waals surface area contributed by atoms with Crippen LogP contribution in [0, 0.1) is 0 Å². The van der Waals surface area contributed by atoms with Crippen molar-refractivity contribution < 1.29 is 0 Å². The molecule has 0 bridgehead atoms. The molecular formula is C15H14N2. The van der Waals surface area contributed by atoms with E-state index in [9.17, 15) is 0 Å². The normalized spacial score (nSPS) is 11.1. The number of hydrogen-bond acceptors (Lipinski definition) is 1. The van der Waals surface area contributed by atoms with Gasteiger partial charge >= 0.3 is 0 Å². The Morgan fingerprint density at radius 2 is 2.06 bits per heavy atom. The molecular weight excluding hydrogens is 208 g/mol. The lowest BCUT2D eigenvalue weighted by atomic mass is 10.1. The average Bonchev–Trinajstić information content (AvgIpc) is 2.75. The smallest absolute Gasteiger partial charge is 0.0684 e. The molecule has 0 aliphatic carbocycles. The summed E-state index contributed by atoms with van der Waals surface area (Å²) in [6.45, 7) is 3.76. The zero-order valence-corrected chi connectivity index (χ0v) is 9.61. The van der Waals surface area contributed by atoms with Crippen LogP contribution in [0.3, 0.4) is 0 Å². The van der Waals surface area contributed by atoms with E-state index in [1.807, 2.05) is 12.3 Å². The quantitative estimate of drug-likeness (QED) is 0.670. The van der Waals surface area contributed by atoms with Gasteiger partial charge in [-0.2, -0.15) is 0 Å². The number of para-hydroxylation sites is 1. The van der Waals surface area contributed by atoms with Crippen molar-refractivity contribution in [1.29, 1.82) is 0 Å². The summed E-state index contributed by atoms with van der Waals surface area (Å²) in [6.07, 6.45) is 5.72. The third-order valence-corrected chi connectivity index (χ3v) is 3.09. The van der Waals surface area contributed by atoms with Crippen LogP contribution in [0.2, 0.25) is 0 Å². The van der Waals surface area contributed by atoms with Gasteiger partial charge in [0.1, 0.15) is 0 Å². The molecule has 0 saturated heterocycles. The van der Waals surface area contributed by atoms with E-state index in [-0.39, 0.29) is 0 Å². The van der Waals surface area contributed by atoms with Crippen molar-refractivity contribution in [2.45, 2.75) is 12.8 Å². The first-order valence-corrected chi connectivity index (χ1v) is 5.85. The molecule has 0 aliphatic heterocycles. The summed E-state index contributed by atoms with van der Waals surface area (Å²) in [7, 11) is 0. The van der Waals surface area contributed by atoms with E-state index in [2.05, 4.69) is 46.9 Å². The monoisotopic (exact) mass is 222 g/mol. The Morgan fingerprint density at radius 3 is 2.94 bits per heavy atom. The summed E-state index contributed by atoms with van der Waals surface area (Å²) in [5, 5.41) is 2.53. The highest BCUT2D eigenvalue weighted by Crippen LogP contribution is 2.26. The van der Waals surface area contributed by atoms with E-state index in [1.165, 1.54) is 16.3 Å². The van der Waals surface area contributed by atoms with Gasteiger partial charge in [-0.3, -0.25) is 4.98 Å². The number of benzene rings is 1. The van der Waals surface area contributed by atoms with Gasteiger partial charge in [0.15, 0.2) is 0 Å². The summed E-state index contributed by atoms with van der Waals surface area (Å²) in [6, 6.07) is 10.4. The fourth-order valence-electron chi connectivity index (χ4n) is 2.26. The Labute approximate surface area is 100.0 Å². The second kappa shape index (κ2) is 4.06. The lowest BCUT2D eigenvalue weighted by molar-refractivity contribution is 0.956. The number of pyridine rings is 1. The minimum Gasteiger partial charge on any atom is -0.353 e. The average molecular weight is 222 g/mol. The number of H-pyrrole nitrogens is 1. The highest BCUT2D eigenvalue weighted by molar-refractivity contribution is 6.07. The van der Waals surface area contributed by atoms with Gasteiger partial charge in [0.25, 0.3) is 0 Å². The molecule has 0 fully saturated rings. The molecule has 0 aliphatic rings. The molecule has 0 saturated carbocycles. The third-order valence-electron chi connectivity index (χ3n) is 3.09. The molecule has 2 heteroatoms. The lowest BCUT2D eigenvalue weighted by Gasteiger charge is -1.99. The van der Waals surface area contributed by atoms with E-state index in [0.29, 0.717) is 0 Å². The summed E-state index contributed by atoms with van der Waals surface area (Å²) in [4.78, 5) is 7.92. The van der Waals surface area contributed by atoms with Crippen LogP contribution < -0.4 is 0 Å². The predicted octanol–water partition coefficient (Wildman–Crippen LogP) is 3.83. The van der Waals surface area contributed by atoms with Crippen molar-refractivity contribution in [3.05, 3.63) is 54.9 Å². The van der Waals surface area contributed by atoms with Crippen molar-refractivity contribution in [3.8, 4) is 0 Å². The van der Waals surface area contributed by atoms with Gasteiger partial charge in [0.2, 0.25) is 0 Å². The number of nitrogens with one attached hydrogen (secondary N) is 1. The largest absolute Gasteiger partial charge is 0.353 e. The summed E-state index contributed by atoms with van der Waals surface area (Å²) in [5.74, 6) is 0. The molecule has 17 heavy (non-hydrogen) atoms. The van der Waals surface area contributed by atoms with Crippen molar-refractivity contribution in [1.82, 2.24) is 9.97 Å². The molecule has 3 aromatic rings. The molecule has 0 amide bonds. The summed E-state index contributed by atoms with van der Waals surface area (Å²) in [5.41, 5.74) is 3.46. The third kappa shape index (κ3) is 1.62. The number of aromatic amines is 1. The maximum Gasteiger partial charge on any atom is 0.0684 e. The van der Waals surface area contributed by atoms with Gasteiger partial charge in [0, 0.05) is 22.5 Å². The zero-order valence-electron chi connectivity index (χ0n) is 9.61. The number of nitrogens with zero attached hydrogens (tertiary/aromatic N) is 1. The van der Waals surface area contributed by atoms with Gasteiger partial charge in [-0.15, -0.1) is 6.58 Å². The Bertz CT molecular complexity index is 680. The van der Waals surface area contributed by atoms with Crippen LogP contribution in [-0.2, 0) is 6.42 Å². The van der Waals surface area contributed by atoms with Crippen LogP contribution in [0.1, 0.15) is 12.1 Å². The van der Waals surface area contributed by atoms with E-state index in [4.69, 9.17) is 0 Å². The highest BCUT2D eigenvalue weighted by atomic mass is 14.8. The molecule has 0 spiro atoms. The Morgan fingerprint density at radius 1 is 1.18 bits per heavy atom. The van der Waals surface area contributed by atoms with Gasteiger partial charge in [-0.25, -0.2) is 0 Å². The molecule has 2 heterocycles. The molecule has 2 aromatic heterocycles. The number of aromatic nitrogens is 2. The molecule has 1 aromatic carbocycles. The topological polar surface area (TPSA) is 28.7 Å². The Hall–Kier alpha value is -2.09. The maximum absolute atomic E-state index is 4.46. The van der Waals surface area contributed by atoms with Gasteiger partial charge in [-0.05, 0) is 25.0 Å². The highest BCUT2D eigenvalue weighted by Gasteiger charge is 2.07. The fourth-order valence-corrected chi connectivity index (χ4v) is 2.26. The van der Waals surface area contributed by atoms with E-state index in [0.717, 1.165) is 24.1 Å². The first kappa shape index (κ1) is 10.1. The van der Waals surface area contributed by atoms with Gasteiger partial charge in [-0.1, -0.05) is 24.3 Å². The first-order valence-electron chi connectivity index (χ1n) is 5.85. The van der Waals surface area contributed by atoms with E-state index >= 15 is 0 Å². The summed E-state index contributed by atoms with van der Waals surface area (Å²) < 4.78 is 0. The van der Waals surface area contributed by atoms with Gasteiger partial charge < -0.3 is 4.98 Å². The molecule has 2 nitrogen and oxygen atoms in total. The molecule has 3 rings (SSSR count). The molecule has 0 atom stereocenters. The molecule has 0 radical (unpaired) electrons. The Kier molecular flexibility index (Phi) is 2.41. The SMILES string of the molecule is C=CCCc1nccc2c1[nH]c1ccccc12. The molecule has 1 N–H and O–H groups in total. The Balaban J connectivity index is 2.27. The van der Waals surface area contributed by atoms with E-state index in [1.54, 1.807) is 0 Å². The van der Waals surface area contributed by atoms with Crippen LogP contribution >= 0.6 is 0 Å². The van der Waals surface area contributed by atoms with E-state index < -0.39 is 0 Å². The number of aryl methyl sites for hydroxylation is 1. The number of fused-ring (bicyclic) bond motifs is 3. The summed E-state index contributed by atoms with van der Waals surface area (Å²) >= 11 is 0. The molecule has 0 unspecified atom stereocenters. The van der Waals surface area contributed by atoms with Crippen LogP contribution in [-0.4, -0.2) is 9.97 Å². The number of allylic oxidation sites excluding steroid dienone is 1. The van der Waals surface area contributed by atoms with Crippen molar-refractivity contribution in [2.75, 3.05) is 0 Å². The van der Waals surface area contributed by atoms with Crippen molar-refractivity contribution in [3.63, 3.8) is 0 Å². The van der Waals surface area contributed by atoms with Gasteiger partial charge in [0.05, 0.1) is 11.2 Å². The van der Waals surface area contributed by atoms with Crippen molar-refractivity contribution >= 4 is 21.8 Å². The molecule has 84 valence electrons. The van der Waals surface area contributed by atoms with Crippen LogP contribution in [0.25, 0.3) is 21.8 Å². The minimum absolute atomic E-state index is 0.938. The minimum atomic E-state index is 0.938.